The molecule has 1 fully saturated rings. The molecule has 0 aliphatic carbocycles. The third kappa shape index (κ3) is 4.22. The van der Waals surface area contributed by atoms with E-state index in [0.717, 1.165) is 44.3 Å². The lowest BCUT2D eigenvalue weighted by Gasteiger charge is -2.29. The molecule has 0 bridgehead atoms. The van der Waals surface area contributed by atoms with Crippen molar-refractivity contribution in [3.63, 3.8) is 0 Å². The maximum atomic E-state index is 14.8. The van der Waals surface area contributed by atoms with Crippen LogP contribution in [0.2, 0.25) is 0 Å². The van der Waals surface area contributed by atoms with Gasteiger partial charge in [0, 0.05) is 13.0 Å². The van der Waals surface area contributed by atoms with Gasteiger partial charge in [-0.25, -0.2) is 9.18 Å². The van der Waals surface area contributed by atoms with Crippen molar-refractivity contribution in [3.05, 3.63) is 34.6 Å². The Hall–Kier alpha value is -1.42. The first-order chi connectivity index (χ1) is 12.1. The second-order valence-corrected chi connectivity index (χ2v) is 7.44. The van der Waals surface area contributed by atoms with Crippen molar-refractivity contribution >= 4 is 5.97 Å². The summed E-state index contributed by atoms with van der Waals surface area (Å²) < 4.78 is 26.2. The molecule has 25 heavy (non-hydrogen) atoms. The molecule has 1 aromatic rings. The van der Waals surface area contributed by atoms with Crippen LogP contribution in [-0.4, -0.2) is 24.8 Å². The number of hydrogen-bond acceptors (Lipinski definition) is 3. The molecule has 3 nitrogen and oxygen atoms in total. The Balaban J connectivity index is 1.64. The predicted molar refractivity (Wildman–Crippen MR) is 95.3 cm³/mol. The molecular formula is C21H29FO3. The molecule has 3 unspecified atom stereocenters. The summed E-state index contributed by atoms with van der Waals surface area (Å²) in [4.78, 5) is 12.2. The summed E-state index contributed by atoms with van der Waals surface area (Å²) in [6.07, 6.45) is 7.30. The number of halogens is 1. The number of cyclic esters (lactones) is 1. The third-order valence-electron chi connectivity index (χ3n) is 5.62. The summed E-state index contributed by atoms with van der Waals surface area (Å²) in [5, 5.41) is 0. The van der Waals surface area contributed by atoms with E-state index in [0.29, 0.717) is 24.3 Å². The zero-order chi connectivity index (χ0) is 17.8. The van der Waals surface area contributed by atoms with Gasteiger partial charge in [0.2, 0.25) is 0 Å². The van der Waals surface area contributed by atoms with Crippen LogP contribution in [0.4, 0.5) is 4.39 Å². The summed E-state index contributed by atoms with van der Waals surface area (Å²) in [5.41, 5.74) is 1.54. The van der Waals surface area contributed by atoms with Crippen molar-refractivity contribution in [2.45, 2.75) is 77.4 Å². The van der Waals surface area contributed by atoms with Crippen molar-refractivity contribution < 1.29 is 18.7 Å². The molecule has 0 radical (unpaired) electrons. The van der Waals surface area contributed by atoms with E-state index >= 15 is 0 Å². The highest BCUT2D eigenvalue weighted by atomic mass is 19.1. The Morgan fingerprint density at radius 1 is 1.16 bits per heavy atom. The molecule has 3 rings (SSSR count). The molecule has 4 heteroatoms. The van der Waals surface area contributed by atoms with E-state index in [4.69, 9.17) is 9.47 Å². The molecule has 2 aliphatic rings. The minimum Gasteiger partial charge on any atom is -0.458 e. The summed E-state index contributed by atoms with van der Waals surface area (Å²) in [5.74, 6) is -0.221. The van der Waals surface area contributed by atoms with Crippen molar-refractivity contribution in [2.75, 3.05) is 6.61 Å². The maximum Gasteiger partial charge on any atom is 0.341 e. The van der Waals surface area contributed by atoms with Crippen LogP contribution in [-0.2, 0) is 22.3 Å². The van der Waals surface area contributed by atoms with E-state index in [9.17, 15) is 9.18 Å². The van der Waals surface area contributed by atoms with E-state index in [-0.39, 0.29) is 23.6 Å². The summed E-state index contributed by atoms with van der Waals surface area (Å²) in [6.45, 7) is 5.07. The average Bonchev–Trinajstić information content (AvgIpc) is 2.61. The first-order valence-electron chi connectivity index (χ1n) is 9.75. The molecular weight excluding hydrogens is 319 g/mol. The molecule has 0 aromatic heterocycles. The lowest BCUT2D eigenvalue weighted by molar-refractivity contribution is -0.0203. The number of carbonyl (C=O) groups excluding carboxylic acids is 1. The fourth-order valence-electron chi connectivity index (χ4n) is 3.95. The van der Waals surface area contributed by atoms with Crippen LogP contribution in [0.5, 0.6) is 0 Å². The van der Waals surface area contributed by atoms with E-state index < -0.39 is 5.97 Å². The minimum atomic E-state index is -0.501. The van der Waals surface area contributed by atoms with E-state index in [1.165, 1.54) is 6.42 Å². The van der Waals surface area contributed by atoms with Gasteiger partial charge in [-0.05, 0) is 49.1 Å². The number of esters is 1. The Labute approximate surface area is 149 Å². The molecule has 0 N–H and O–H groups in total. The smallest absolute Gasteiger partial charge is 0.341 e. The van der Waals surface area contributed by atoms with Crippen LogP contribution < -0.4 is 0 Å². The zero-order valence-corrected chi connectivity index (χ0v) is 15.4. The highest BCUT2D eigenvalue weighted by molar-refractivity contribution is 5.92. The lowest BCUT2D eigenvalue weighted by atomic mass is 9.91. The van der Waals surface area contributed by atoms with Crippen molar-refractivity contribution in [3.8, 4) is 0 Å². The van der Waals surface area contributed by atoms with E-state index in [1.807, 2.05) is 12.1 Å². The highest BCUT2D eigenvalue weighted by Gasteiger charge is 2.30. The first-order valence-corrected chi connectivity index (χ1v) is 9.75. The quantitative estimate of drug-likeness (QED) is 0.690. The van der Waals surface area contributed by atoms with Gasteiger partial charge < -0.3 is 9.47 Å². The molecule has 0 spiro atoms. The average molecular weight is 348 g/mol. The number of hydrogen-bond donors (Lipinski definition) is 0. The highest BCUT2D eigenvalue weighted by Crippen LogP contribution is 2.29. The van der Waals surface area contributed by atoms with Gasteiger partial charge in [0.25, 0.3) is 0 Å². The Morgan fingerprint density at radius 3 is 2.68 bits per heavy atom. The second-order valence-electron chi connectivity index (χ2n) is 7.44. The fraction of sp³-hybridized carbons (Fsp3) is 0.667. The molecule has 1 aromatic carbocycles. The minimum absolute atomic E-state index is 0.114. The number of fused-ring (bicyclic) bond motifs is 1. The van der Waals surface area contributed by atoms with Gasteiger partial charge in [-0.1, -0.05) is 38.8 Å². The summed E-state index contributed by atoms with van der Waals surface area (Å²) >= 11 is 0. The molecule has 3 atom stereocenters. The molecule has 2 aliphatic heterocycles. The third-order valence-corrected chi connectivity index (χ3v) is 5.62. The number of ether oxygens (including phenoxy) is 2. The summed E-state index contributed by atoms with van der Waals surface area (Å²) in [7, 11) is 0. The SMILES string of the molecule is CCCC1Cc2ccc(CCC3CCC(CC)CO3)c(F)c2C(=O)O1. The van der Waals surface area contributed by atoms with Gasteiger partial charge >= 0.3 is 5.97 Å². The van der Waals surface area contributed by atoms with Gasteiger partial charge in [0.15, 0.2) is 0 Å². The topological polar surface area (TPSA) is 35.5 Å². The Bertz CT molecular complexity index is 605. The fourth-order valence-corrected chi connectivity index (χ4v) is 3.95. The monoisotopic (exact) mass is 348 g/mol. The van der Waals surface area contributed by atoms with Crippen LogP contribution in [0, 0.1) is 11.7 Å². The van der Waals surface area contributed by atoms with Crippen LogP contribution in [0.1, 0.15) is 73.9 Å². The molecule has 2 heterocycles. The van der Waals surface area contributed by atoms with Crippen molar-refractivity contribution in [1.82, 2.24) is 0 Å². The van der Waals surface area contributed by atoms with Gasteiger partial charge in [0.05, 0.1) is 11.7 Å². The van der Waals surface area contributed by atoms with Crippen LogP contribution in [0.15, 0.2) is 12.1 Å². The normalized spacial score (nSPS) is 26.2. The van der Waals surface area contributed by atoms with Gasteiger partial charge in [-0.15, -0.1) is 0 Å². The van der Waals surface area contributed by atoms with Crippen LogP contribution >= 0.6 is 0 Å². The number of carbonyl (C=O) groups is 1. The van der Waals surface area contributed by atoms with Crippen LogP contribution in [0.3, 0.4) is 0 Å². The van der Waals surface area contributed by atoms with Gasteiger partial charge in [0.1, 0.15) is 11.9 Å². The maximum absolute atomic E-state index is 14.8. The standard InChI is InChI=1S/C21H29FO3/c1-3-5-18-12-16-8-7-15(20(22)19(16)21(23)25-18)9-11-17-10-6-14(4-2)13-24-17/h7-8,14,17-18H,3-6,9-13H2,1-2H3. The first kappa shape index (κ1) is 18.4. The largest absolute Gasteiger partial charge is 0.458 e. The molecule has 0 amide bonds. The second kappa shape index (κ2) is 8.31. The van der Waals surface area contributed by atoms with Gasteiger partial charge in [-0.3, -0.25) is 0 Å². The van der Waals surface area contributed by atoms with E-state index in [1.54, 1.807) is 0 Å². The van der Waals surface area contributed by atoms with E-state index in [2.05, 4.69) is 13.8 Å². The summed E-state index contributed by atoms with van der Waals surface area (Å²) in [6, 6.07) is 3.75. The van der Waals surface area contributed by atoms with Gasteiger partial charge in [-0.2, -0.15) is 0 Å². The van der Waals surface area contributed by atoms with Crippen molar-refractivity contribution in [1.29, 1.82) is 0 Å². The van der Waals surface area contributed by atoms with Crippen LogP contribution in [0.25, 0.3) is 0 Å². The molecule has 0 saturated carbocycles. The molecule has 1 saturated heterocycles. The molecule has 138 valence electrons. The number of aryl methyl sites for hydroxylation is 1. The zero-order valence-electron chi connectivity index (χ0n) is 15.4. The van der Waals surface area contributed by atoms with Crippen molar-refractivity contribution in [2.24, 2.45) is 5.92 Å². The predicted octanol–water partition coefficient (Wildman–Crippen LogP) is 4.85. The Morgan fingerprint density at radius 2 is 2.00 bits per heavy atom. The number of rotatable bonds is 6. The lowest BCUT2D eigenvalue weighted by Crippen LogP contribution is -2.29. The Kier molecular flexibility index (Phi) is 6.10. The number of benzene rings is 1.